The number of carbonyl (C=O) groups is 3. The van der Waals surface area contributed by atoms with Crippen molar-refractivity contribution in [3.8, 4) is 0 Å². The maximum Gasteiger partial charge on any atom is 0.326 e. The number of urea groups is 1. The number of hydrogen-bond acceptors (Lipinski definition) is 4. The molecular weight excluding hydrogens is 264 g/mol. The number of esters is 1. The van der Waals surface area contributed by atoms with Crippen molar-refractivity contribution < 1.29 is 24.2 Å². The highest BCUT2D eigenvalue weighted by Gasteiger charge is 2.24. The third-order valence-electron chi connectivity index (χ3n) is 2.60. The van der Waals surface area contributed by atoms with Crippen molar-refractivity contribution in [3.63, 3.8) is 0 Å². The molecule has 20 heavy (non-hydrogen) atoms. The van der Waals surface area contributed by atoms with E-state index in [9.17, 15) is 14.4 Å². The summed E-state index contributed by atoms with van der Waals surface area (Å²) in [6, 6.07) is -1.53. The lowest BCUT2D eigenvalue weighted by Crippen LogP contribution is -2.49. The van der Waals surface area contributed by atoms with Crippen LogP contribution in [0.1, 0.15) is 34.1 Å². The molecule has 1 unspecified atom stereocenters. The van der Waals surface area contributed by atoms with Crippen LogP contribution in [0.5, 0.6) is 0 Å². The van der Waals surface area contributed by atoms with E-state index in [-0.39, 0.29) is 19.1 Å². The monoisotopic (exact) mass is 288 g/mol. The summed E-state index contributed by atoms with van der Waals surface area (Å²) in [5.41, 5.74) is 0. The fourth-order valence-corrected chi connectivity index (χ4v) is 1.62. The zero-order valence-corrected chi connectivity index (χ0v) is 12.5. The molecule has 7 nitrogen and oxygen atoms in total. The van der Waals surface area contributed by atoms with Crippen LogP contribution in [-0.2, 0) is 14.3 Å². The standard InChI is InChI=1S/C13H24N2O5/c1-5-15(8-11(16)20-6-2)13(19)14-10(12(17)18)7-9(3)4/h9-10H,5-8H2,1-4H3,(H,14,19)(H,17,18). The Labute approximate surface area is 119 Å². The van der Waals surface area contributed by atoms with Crippen molar-refractivity contribution in [3.05, 3.63) is 0 Å². The van der Waals surface area contributed by atoms with Crippen molar-refractivity contribution >= 4 is 18.0 Å². The van der Waals surface area contributed by atoms with Crippen LogP contribution in [0.15, 0.2) is 0 Å². The van der Waals surface area contributed by atoms with E-state index in [0.29, 0.717) is 13.0 Å². The quantitative estimate of drug-likeness (QED) is 0.652. The third kappa shape index (κ3) is 6.96. The number of carbonyl (C=O) groups excluding carboxylic acids is 2. The smallest absolute Gasteiger partial charge is 0.326 e. The largest absolute Gasteiger partial charge is 0.480 e. The highest BCUT2D eigenvalue weighted by atomic mass is 16.5. The maximum atomic E-state index is 12.0. The lowest BCUT2D eigenvalue weighted by atomic mass is 10.0. The van der Waals surface area contributed by atoms with Crippen molar-refractivity contribution in [2.75, 3.05) is 19.7 Å². The molecule has 0 aliphatic rings. The first kappa shape index (κ1) is 18.2. The predicted molar refractivity (Wildman–Crippen MR) is 73.3 cm³/mol. The van der Waals surface area contributed by atoms with Gasteiger partial charge in [-0.15, -0.1) is 0 Å². The summed E-state index contributed by atoms with van der Waals surface area (Å²) in [7, 11) is 0. The van der Waals surface area contributed by atoms with E-state index in [1.165, 1.54) is 4.90 Å². The van der Waals surface area contributed by atoms with Crippen molar-refractivity contribution in [1.82, 2.24) is 10.2 Å². The zero-order valence-electron chi connectivity index (χ0n) is 12.5. The molecule has 2 N–H and O–H groups in total. The third-order valence-corrected chi connectivity index (χ3v) is 2.60. The number of aliphatic carboxylic acids is 1. The Balaban J connectivity index is 4.58. The molecule has 0 saturated carbocycles. The number of rotatable bonds is 8. The van der Waals surface area contributed by atoms with Gasteiger partial charge in [-0.2, -0.15) is 0 Å². The van der Waals surface area contributed by atoms with Crippen molar-refractivity contribution in [1.29, 1.82) is 0 Å². The van der Waals surface area contributed by atoms with Gasteiger partial charge in [0.05, 0.1) is 6.61 Å². The molecule has 0 aromatic heterocycles. The summed E-state index contributed by atoms with van der Waals surface area (Å²) in [5, 5.41) is 11.5. The Morgan fingerprint density at radius 1 is 1.25 bits per heavy atom. The second-order valence-electron chi connectivity index (χ2n) is 4.79. The Kier molecular flexibility index (Phi) is 8.35. The Morgan fingerprint density at radius 2 is 1.85 bits per heavy atom. The second kappa shape index (κ2) is 9.17. The van der Waals surface area contributed by atoms with Crippen molar-refractivity contribution in [2.24, 2.45) is 5.92 Å². The minimum atomic E-state index is -1.08. The van der Waals surface area contributed by atoms with Crippen molar-refractivity contribution in [2.45, 2.75) is 40.2 Å². The molecule has 1 atom stereocenters. The maximum absolute atomic E-state index is 12.0. The molecule has 0 fully saturated rings. The Bertz CT molecular complexity index is 344. The fourth-order valence-electron chi connectivity index (χ4n) is 1.62. The molecule has 7 heteroatoms. The molecular formula is C13H24N2O5. The van der Waals surface area contributed by atoms with Gasteiger partial charge in [0, 0.05) is 6.54 Å². The molecule has 0 bridgehead atoms. The van der Waals surface area contributed by atoms with E-state index in [1.807, 2.05) is 13.8 Å². The molecule has 0 aliphatic carbocycles. The number of nitrogens with zero attached hydrogens (tertiary/aromatic N) is 1. The van der Waals surface area contributed by atoms with Gasteiger partial charge in [0.2, 0.25) is 0 Å². The lowest BCUT2D eigenvalue weighted by Gasteiger charge is -2.23. The molecule has 0 saturated heterocycles. The van der Waals surface area contributed by atoms with Crippen LogP contribution < -0.4 is 5.32 Å². The number of hydrogen-bond donors (Lipinski definition) is 2. The number of nitrogens with one attached hydrogen (secondary N) is 1. The molecule has 0 heterocycles. The summed E-state index contributed by atoms with van der Waals surface area (Å²) < 4.78 is 4.76. The van der Waals surface area contributed by atoms with Crippen LogP contribution in [-0.4, -0.2) is 53.7 Å². The van der Waals surface area contributed by atoms with E-state index in [0.717, 1.165) is 0 Å². The van der Waals surface area contributed by atoms with Crippen LogP contribution in [0, 0.1) is 5.92 Å². The average Bonchev–Trinajstić information content (AvgIpc) is 2.34. The zero-order chi connectivity index (χ0) is 15.7. The highest BCUT2D eigenvalue weighted by molar-refractivity contribution is 5.85. The number of carboxylic acids is 1. The lowest BCUT2D eigenvalue weighted by molar-refractivity contribution is -0.143. The molecule has 0 aliphatic heterocycles. The minimum absolute atomic E-state index is 0.136. The second-order valence-corrected chi connectivity index (χ2v) is 4.79. The van der Waals surface area contributed by atoms with E-state index in [4.69, 9.17) is 9.84 Å². The van der Waals surface area contributed by atoms with Crippen LogP contribution >= 0.6 is 0 Å². The average molecular weight is 288 g/mol. The van der Waals surface area contributed by atoms with Crippen LogP contribution in [0.2, 0.25) is 0 Å². The van der Waals surface area contributed by atoms with Gasteiger partial charge in [-0.25, -0.2) is 9.59 Å². The van der Waals surface area contributed by atoms with Gasteiger partial charge in [-0.1, -0.05) is 13.8 Å². The molecule has 0 aromatic rings. The number of likely N-dealkylation sites (N-methyl/N-ethyl adjacent to an activating group) is 1. The van der Waals surface area contributed by atoms with Crippen LogP contribution in [0.3, 0.4) is 0 Å². The van der Waals surface area contributed by atoms with Gasteiger partial charge < -0.3 is 20.1 Å². The summed E-state index contributed by atoms with van der Waals surface area (Å²) in [6.07, 6.45) is 0.331. The van der Waals surface area contributed by atoms with Gasteiger partial charge in [-0.3, -0.25) is 4.79 Å². The predicted octanol–water partition coefficient (Wildman–Crippen LogP) is 1.08. The first-order chi connectivity index (χ1) is 9.31. The first-order valence-corrected chi connectivity index (χ1v) is 6.75. The highest BCUT2D eigenvalue weighted by Crippen LogP contribution is 2.05. The van der Waals surface area contributed by atoms with Gasteiger partial charge in [0.15, 0.2) is 0 Å². The normalized spacial score (nSPS) is 11.8. The van der Waals surface area contributed by atoms with E-state index >= 15 is 0 Å². The van der Waals surface area contributed by atoms with E-state index < -0.39 is 24.0 Å². The SMILES string of the molecule is CCOC(=O)CN(CC)C(=O)NC(CC(C)C)C(=O)O. The number of carboxylic acid groups (broad SMARTS) is 1. The van der Waals surface area contributed by atoms with E-state index in [2.05, 4.69) is 5.32 Å². The molecule has 0 radical (unpaired) electrons. The first-order valence-electron chi connectivity index (χ1n) is 6.75. The molecule has 2 amide bonds. The fraction of sp³-hybridized carbons (Fsp3) is 0.769. The van der Waals surface area contributed by atoms with Gasteiger partial charge in [0.1, 0.15) is 12.6 Å². The molecule has 0 rings (SSSR count). The summed E-state index contributed by atoms with van der Waals surface area (Å²) in [4.78, 5) is 35.6. The van der Waals surface area contributed by atoms with Gasteiger partial charge >= 0.3 is 18.0 Å². The van der Waals surface area contributed by atoms with Crippen LogP contribution in [0.4, 0.5) is 4.79 Å². The van der Waals surface area contributed by atoms with Gasteiger partial charge in [0.25, 0.3) is 0 Å². The van der Waals surface area contributed by atoms with E-state index in [1.54, 1.807) is 13.8 Å². The summed E-state index contributed by atoms with van der Waals surface area (Å²) in [5.74, 6) is -1.46. The van der Waals surface area contributed by atoms with Crippen LogP contribution in [0.25, 0.3) is 0 Å². The summed E-state index contributed by atoms with van der Waals surface area (Å²) >= 11 is 0. The Hall–Kier alpha value is -1.79. The topological polar surface area (TPSA) is 95.9 Å². The molecule has 0 aromatic carbocycles. The Morgan fingerprint density at radius 3 is 2.25 bits per heavy atom. The summed E-state index contributed by atoms with van der Waals surface area (Å²) in [6.45, 7) is 7.47. The minimum Gasteiger partial charge on any atom is -0.480 e. The molecule has 116 valence electrons. The van der Waals surface area contributed by atoms with Gasteiger partial charge in [-0.05, 0) is 26.2 Å². The number of ether oxygens (including phenoxy) is 1. The molecule has 0 spiro atoms. The number of amides is 2.